The van der Waals surface area contributed by atoms with Crippen LogP contribution < -0.4 is 10.6 Å². The molecule has 0 saturated carbocycles. The van der Waals surface area contributed by atoms with Crippen LogP contribution in [0, 0.1) is 0 Å². The Morgan fingerprint density at radius 2 is 1.30 bits per heavy atom. The molecule has 0 aliphatic heterocycles. The quantitative estimate of drug-likeness (QED) is 0.0614. The van der Waals surface area contributed by atoms with Crippen LogP contribution >= 0.6 is 42.7 Å². The van der Waals surface area contributed by atoms with Gasteiger partial charge in [0, 0.05) is 31.7 Å². The van der Waals surface area contributed by atoms with E-state index in [4.69, 9.17) is 0 Å². The van der Waals surface area contributed by atoms with Gasteiger partial charge in [-0.3, -0.25) is 9.59 Å². The lowest BCUT2D eigenvalue weighted by Gasteiger charge is -2.09. The lowest BCUT2D eigenvalue weighted by Crippen LogP contribution is -2.35. The summed E-state index contributed by atoms with van der Waals surface area (Å²) in [6.45, 7) is 0.246. The molecule has 0 heterocycles. The molecule has 0 bridgehead atoms. The average Bonchev–Trinajstić information content (AvgIpc) is 2.87. The summed E-state index contributed by atoms with van der Waals surface area (Å²) in [5.74, 6) is -0.662. The van der Waals surface area contributed by atoms with E-state index in [0.717, 1.165) is 10.8 Å². The van der Waals surface area contributed by atoms with E-state index in [-0.39, 0.29) is 54.6 Å². The number of aromatic hydroxyl groups is 2. The van der Waals surface area contributed by atoms with Gasteiger partial charge in [-0.05, 0) is 67.3 Å². The third kappa shape index (κ3) is 10.3. The van der Waals surface area contributed by atoms with Gasteiger partial charge in [0.25, 0.3) is 11.8 Å². The van der Waals surface area contributed by atoms with Crippen molar-refractivity contribution >= 4 is 75.7 Å². The minimum Gasteiger partial charge on any atom is -0.507 e. The molecule has 37 heavy (non-hydrogen) atoms. The van der Waals surface area contributed by atoms with E-state index in [0.29, 0.717) is 25.8 Å². The summed E-state index contributed by atoms with van der Waals surface area (Å²) in [4.78, 5) is 24.5. The second-order valence-electron chi connectivity index (χ2n) is 7.36. The third-order valence-electron chi connectivity index (χ3n) is 4.69. The molecule has 0 aromatic heterocycles. The largest absolute Gasteiger partial charge is 0.507 e. The fraction of sp³-hybridized carbons (Fsp3) is 0.273. The Bertz CT molecular complexity index is 1210. The number of carbonyl (C=O) groups excluding carboxylic acids is 2. The topological polar surface area (TPSA) is 181 Å². The number of hydrogen-bond acceptors (Lipinski definition) is 10. The molecule has 0 radical (unpaired) electrons. The molecule has 0 fully saturated rings. The van der Waals surface area contributed by atoms with E-state index in [1.165, 1.54) is 12.1 Å². The Hall–Kier alpha value is -2.62. The number of phenols is 2. The maximum absolute atomic E-state index is 12.2. The third-order valence-corrected chi connectivity index (χ3v) is 8.92. The number of carbonyl (C=O) groups is 2. The van der Waals surface area contributed by atoms with Crippen LogP contribution in [-0.4, -0.2) is 72.7 Å². The van der Waals surface area contributed by atoms with Crippen molar-refractivity contribution in [2.45, 2.75) is 12.8 Å². The first-order chi connectivity index (χ1) is 17.6. The lowest BCUT2D eigenvalue weighted by atomic mass is 10.1. The molecule has 2 rings (SSSR count). The molecule has 11 nitrogen and oxygen atoms in total. The zero-order valence-corrected chi connectivity index (χ0v) is 24.0. The minimum absolute atomic E-state index is 0.0297. The highest BCUT2D eigenvalue weighted by Crippen LogP contribution is 2.25. The van der Waals surface area contributed by atoms with Gasteiger partial charge in [0.2, 0.25) is 0 Å². The van der Waals surface area contributed by atoms with Crippen molar-refractivity contribution in [1.29, 1.82) is 0 Å². The Balaban J connectivity index is 1.68. The van der Waals surface area contributed by atoms with Gasteiger partial charge in [-0.15, -0.1) is 0 Å². The highest BCUT2D eigenvalue weighted by Gasteiger charge is 2.16. The van der Waals surface area contributed by atoms with Crippen LogP contribution in [0.5, 0.6) is 11.5 Å². The first kappa shape index (κ1) is 30.6. The lowest BCUT2D eigenvalue weighted by molar-refractivity contribution is -0.115. The maximum atomic E-state index is 12.2. The average molecular weight is 680 g/mol. The molecule has 2 aromatic rings. The molecule has 2 aromatic carbocycles. The Morgan fingerprint density at radius 1 is 0.838 bits per heavy atom. The number of halogens is 2. The van der Waals surface area contributed by atoms with E-state index in [1.807, 2.05) is 0 Å². The predicted molar refractivity (Wildman–Crippen MR) is 149 cm³/mol. The van der Waals surface area contributed by atoms with Crippen molar-refractivity contribution in [2.75, 3.05) is 24.6 Å². The van der Waals surface area contributed by atoms with Crippen molar-refractivity contribution < 1.29 is 34.4 Å². The molecule has 1 atom stereocenters. The van der Waals surface area contributed by atoms with Gasteiger partial charge < -0.3 is 31.3 Å². The zero-order valence-electron chi connectivity index (χ0n) is 19.2. The fourth-order valence-corrected chi connectivity index (χ4v) is 5.86. The van der Waals surface area contributed by atoms with Gasteiger partial charge in [0.05, 0.1) is 24.5 Å². The summed E-state index contributed by atoms with van der Waals surface area (Å²) in [5, 5.41) is 48.6. The van der Waals surface area contributed by atoms with Crippen LogP contribution in [0.3, 0.4) is 0 Å². The molecule has 0 saturated heterocycles. The number of rotatable bonds is 13. The smallest absolute Gasteiger partial charge is 0.269 e. The Morgan fingerprint density at radius 3 is 1.73 bits per heavy atom. The summed E-state index contributed by atoms with van der Waals surface area (Å²) in [7, 11) is -0.275. The normalized spacial score (nSPS) is 12.7. The monoisotopic (exact) mass is 678 g/mol. The van der Waals surface area contributed by atoms with Gasteiger partial charge in [-0.1, -0.05) is 33.2 Å². The number of phenolic OH excluding ortho intramolecular Hbond substituents is 2. The first-order valence-corrected chi connectivity index (χ1v) is 15.0. The summed E-state index contributed by atoms with van der Waals surface area (Å²) in [5.41, 5.74) is 1.03. The SMILES string of the molecule is O=C(NCCS[S@](=O)CCNC(=O)C(Cc1ccc(O)c(Br)c1)=NO)C(Cc1ccc(O)c(Br)c1)=NO. The number of nitrogens with zero attached hydrogens (tertiary/aromatic N) is 2. The molecule has 2 amide bonds. The van der Waals surface area contributed by atoms with Crippen molar-refractivity contribution in [3.05, 3.63) is 56.5 Å². The van der Waals surface area contributed by atoms with Crippen LogP contribution in [-0.2, 0) is 32.3 Å². The molecular formula is C22H24Br2N4O7S2. The number of oxime groups is 2. The number of hydrogen-bond donors (Lipinski definition) is 6. The van der Waals surface area contributed by atoms with E-state index in [2.05, 4.69) is 52.8 Å². The predicted octanol–water partition coefficient (Wildman–Crippen LogP) is 2.70. The van der Waals surface area contributed by atoms with Crippen LogP contribution in [0.15, 0.2) is 55.7 Å². The minimum atomic E-state index is -1.35. The molecule has 0 aliphatic rings. The Labute approximate surface area is 235 Å². The molecule has 6 N–H and O–H groups in total. The molecule has 0 spiro atoms. The first-order valence-electron chi connectivity index (χ1n) is 10.6. The number of amides is 2. The fourth-order valence-electron chi connectivity index (χ4n) is 2.84. The van der Waals surface area contributed by atoms with E-state index in [1.54, 1.807) is 24.3 Å². The van der Waals surface area contributed by atoms with E-state index >= 15 is 0 Å². The second-order valence-corrected chi connectivity index (χ2v) is 12.6. The van der Waals surface area contributed by atoms with Crippen molar-refractivity contribution in [3.8, 4) is 11.5 Å². The Kier molecular flexibility index (Phi) is 12.9. The van der Waals surface area contributed by atoms with Crippen molar-refractivity contribution in [2.24, 2.45) is 10.3 Å². The zero-order chi connectivity index (χ0) is 27.4. The van der Waals surface area contributed by atoms with Gasteiger partial charge in [0.1, 0.15) is 22.9 Å². The highest BCUT2D eigenvalue weighted by atomic mass is 79.9. The van der Waals surface area contributed by atoms with Gasteiger partial charge >= 0.3 is 0 Å². The number of nitrogens with one attached hydrogen (secondary N) is 2. The molecule has 15 heteroatoms. The molecule has 200 valence electrons. The standard InChI is InChI=1S/C22H24Br2N4O7S2/c23-15-9-13(1-3-19(15)29)11-17(27-33)21(31)25-5-7-36-37(35)8-6-26-22(32)18(28-34)12-14-2-4-20(30)16(24)10-14/h1-4,9-10,29-30,33-34H,5-8,11-12H2,(H,25,31)(H,26,32)/t37-/m0/s1. The molecule has 0 aliphatic carbocycles. The van der Waals surface area contributed by atoms with Crippen LogP contribution in [0.2, 0.25) is 0 Å². The van der Waals surface area contributed by atoms with Gasteiger partial charge in [0.15, 0.2) is 0 Å². The van der Waals surface area contributed by atoms with Crippen LogP contribution in [0.1, 0.15) is 11.1 Å². The van der Waals surface area contributed by atoms with Crippen molar-refractivity contribution in [1.82, 2.24) is 10.6 Å². The summed E-state index contributed by atoms with van der Waals surface area (Å²) in [6.07, 6.45) is 0.0744. The second kappa shape index (κ2) is 15.6. The van der Waals surface area contributed by atoms with Gasteiger partial charge in [-0.25, -0.2) is 4.21 Å². The van der Waals surface area contributed by atoms with Gasteiger partial charge in [-0.2, -0.15) is 0 Å². The summed E-state index contributed by atoms with van der Waals surface area (Å²) >= 11 is 6.36. The van der Waals surface area contributed by atoms with E-state index < -0.39 is 21.6 Å². The van der Waals surface area contributed by atoms with Crippen molar-refractivity contribution in [3.63, 3.8) is 0 Å². The summed E-state index contributed by atoms with van der Waals surface area (Å²) < 4.78 is 13.1. The summed E-state index contributed by atoms with van der Waals surface area (Å²) in [6, 6.07) is 9.28. The molecule has 0 unspecified atom stereocenters. The van der Waals surface area contributed by atoms with Crippen LogP contribution in [0.4, 0.5) is 0 Å². The number of benzene rings is 2. The van der Waals surface area contributed by atoms with E-state index in [9.17, 15) is 34.4 Å². The van der Waals surface area contributed by atoms with Crippen LogP contribution in [0.25, 0.3) is 0 Å². The molecular weight excluding hydrogens is 656 g/mol. The maximum Gasteiger partial charge on any atom is 0.269 e. The highest BCUT2D eigenvalue weighted by molar-refractivity contribution is 9.10.